The average Bonchev–Trinajstić information content (AvgIpc) is 3.02. The van der Waals surface area contributed by atoms with E-state index in [1.807, 2.05) is 37.3 Å². The van der Waals surface area contributed by atoms with E-state index in [1.165, 1.54) is 0 Å². The van der Waals surface area contributed by atoms with Gasteiger partial charge in [0.1, 0.15) is 0 Å². The quantitative estimate of drug-likeness (QED) is 0.622. The summed E-state index contributed by atoms with van der Waals surface area (Å²) in [6, 6.07) is 16.3. The first-order chi connectivity index (χ1) is 12.0. The highest BCUT2D eigenvalue weighted by atomic mass is 16.5. The number of aryl methyl sites for hydroxylation is 1. The predicted octanol–water partition coefficient (Wildman–Crippen LogP) is 2.77. The zero-order valence-electron chi connectivity index (χ0n) is 14.0. The van der Waals surface area contributed by atoms with Crippen molar-refractivity contribution in [3.63, 3.8) is 0 Å². The van der Waals surface area contributed by atoms with Gasteiger partial charge in [0.2, 0.25) is 5.91 Å². The number of benzene rings is 2. The summed E-state index contributed by atoms with van der Waals surface area (Å²) in [5, 5.41) is 0. The fourth-order valence-electron chi connectivity index (χ4n) is 2.87. The van der Waals surface area contributed by atoms with Gasteiger partial charge in [-0.1, -0.05) is 42.5 Å². The van der Waals surface area contributed by atoms with Gasteiger partial charge in [-0.25, -0.2) is 0 Å². The molecule has 128 valence electrons. The molecule has 5 heteroatoms. The molecule has 1 atom stereocenters. The van der Waals surface area contributed by atoms with Crippen molar-refractivity contribution in [2.75, 3.05) is 18.1 Å². The number of hydrogen-bond acceptors (Lipinski definition) is 4. The molecular formula is C20H19NO4. The van der Waals surface area contributed by atoms with E-state index in [-0.39, 0.29) is 31.3 Å². The molecule has 0 N–H and O–H groups in total. The molecule has 2 aromatic carbocycles. The van der Waals surface area contributed by atoms with Gasteiger partial charge in [0, 0.05) is 24.2 Å². The zero-order chi connectivity index (χ0) is 17.8. The van der Waals surface area contributed by atoms with Crippen LogP contribution in [0.5, 0.6) is 0 Å². The molecule has 1 fully saturated rings. The van der Waals surface area contributed by atoms with Crippen molar-refractivity contribution in [1.29, 1.82) is 0 Å². The zero-order valence-corrected chi connectivity index (χ0v) is 14.0. The van der Waals surface area contributed by atoms with Gasteiger partial charge >= 0.3 is 5.97 Å². The van der Waals surface area contributed by atoms with Crippen molar-refractivity contribution < 1.29 is 19.1 Å². The first-order valence-corrected chi connectivity index (χ1v) is 8.16. The standard InChI is InChI=1S/C20H19NO4/c1-14-6-5-9-17(10-14)21-12-16(11-19(21)23)20(24)25-13-18(22)15-7-3-2-4-8-15/h2-10,16H,11-13H2,1H3. The normalized spacial score (nSPS) is 16.8. The Bertz CT molecular complexity index is 800. The molecule has 1 amide bonds. The first kappa shape index (κ1) is 16.9. The second-order valence-electron chi connectivity index (χ2n) is 6.14. The van der Waals surface area contributed by atoms with Crippen molar-refractivity contribution in [2.45, 2.75) is 13.3 Å². The van der Waals surface area contributed by atoms with E-state index in [2.05, 4.69) is 0 Å². The molecule has 0 aliphatic carbocycles. The molecule has 1 unspecified atom stereocenters. The summed E-state index contributed by atoms with van der Waals surface area (Å²) in [4.78, 5) is 38.0. The molecule has 2 aromatic rings. The maximum atomic E-state index is 12.2. The summed E-state index contributed by atoms with van der Waals surface area (Å²) in [6.07, 6.45) is 0.103. The van der Waals surface area contributed by atoms with Crippen molar-refractivity contribution in [2.24, 2.45) is 5.92 Å². The largest absolute Gasteiger partial charge is 0.457 e. The Morgan fingerprint density at radius 2 is 1.88 bits per heavy atom. The third-order valence-corrected chi connectivity index (χ3v) is 4.21. The molecule has 0 saturated carbocycles. The number of rotatable bonds is 5. The molecule has 0 bridgehead atoms. The van der Waals surface area contributed by atoms with E-state index < -0.39 is 11.9 Å². The lowest BCUT2D eigenvalue weighted by Crippen LogP contribution is -2.27. The fourth-order valence-corrected chi connectivity index (χ4v) is 2.87. The molecule has 1 heterocycles. The third kappa shape index (κ3) is 3.94. The van der Waals surface area contributed by atoms with E-state index >= 15 is 0 Å². The maximum Gasteiger partial charge on any atom is 0.311 e. The smallest absolute Gasteiger partial charge is 0.311 e. The Labute approximate surface area is 146 Å². The minimum atomic E-state index is -0.545. The molecule has 25 heavy (non-hydrogen) atoms. The third-order valence-electron chi connectivity index (χ3n) is 4.21. The number of carbonyl (C=O) groups is 3. The number of esters is 1. The minimum Gasteiger partial charge on any atom is -0.457 e. The summed E-state index contributed by atoms with van der Waals surface area (Å²) in [7, 11) is 0. The number of amides is 1. The minimum absolute atomic E-state index is 0.103. The van der Waals surface area contributed by atoms with Crippen molar-refractivity contribution >= 4 is 23.3 Å². The fraction of sp³-hybridized carbons (Fsp3) is 0.250. The second-order valence-corrected chi connectivity index (χ2v) is 6.14. The lowest BCUT2D eigenvalue weighted by Gasteiger charge is -2.17. The summed E-state index contributed by atoms with van der Waals surface area (Å²) in [5.41, 5.74) is 2.32. The molecule has 0 radical (unpaired) electrons. The van der Waals surface area contributed by atoms with Crippen LogP contribution < -0.4 is 4.90 Å². The highest BCUT2D eigenvalue weighted by Crippen LogP contribution is 2.26. The number of carbonyl (C=O) groups excluding carboxylic acids is 3. The van der Waals surface area contributed by atoms with Crippen LogP contribution in [-0.4, -0.2) is 30.8 Å². The molecular weight excluding hydrogens is 318 g/mol. The summed E-state index contributed by atoms with van der Waals surface area (Å²) >= 11 is 0. The van der Waals surface area contributed by atoms with Crippen LogP contribution >= 0.6 is 0 Å². The Hall–Kier alpha value is -2.95. The van der Waals surface area contributed by atoms with Crippen LogP contribution in [0.1, 0.15) is 22.3 Å². The number of ketones is 1. The summed E-state index contributed by atoms with van der Waals surface area (Å²) < 4.78 is 5.13. The number of hydrogen-bond donors (Lipinski definition) is 0. The Balaban J connectivity index is 1.58. The highest BCUT2D eigenvalue weighted by Gasteiger charge is 2.36. The summed E-state index contributed by atoms with van der Waals surface area (Å²) in [6.45, 7) is 1.92. The van der Waals surface area contributed by atoms with Crippen LogP contribution in [0.3, 0.4) is 0 Å². The Morgan fingerprint density at radius 1 is 1.12 bits per heavy atom. The van der Waals surface area contributed by atoms with E-state index in [0.29, 0.717) is 5.56 Å². The first-order valence-electron chi connectivity index (χ1n) is 8.16. The second kappa shape index (κ2) is 7.30. The van der Waals surface area contributed by atoms with Gasteiger partial charge < -0.3 is 9.64 Å². The average molecular weight is 337 g/mol. The molecule has 0 spiro atoms. The van der Waals surface area contributed by atoms with E-state index in [0.717, 1.165) is 11.3 Å². The number of nitrogens with zero attached hydrogens (tertiary/aromatic N) is 1. The van der Waals surface area contributed by atoms with Crippen LogP contribution in [0.25, 0.3) is 0 Å². The van der Waals surface area contributed by atoms with Crippen LogP contribution in [0.15, 0.2) is 54.6 Å². The lowest BCUT2D eigenvalue weighted by molar-refractivity contribution is -0.147. The van der Waals surface area contributed by atoms with E-state index in [1.54, 1.807) is 29.2 Å². The Morgan fingerprint density at radius 3 is 2.60 bits per heavy atom. The summed E-state index contributed by atoms with van der Waals surface area (Å²) in [5.74, 6) is -1.42. The molecule has 3 rings (SSSR count). The van der Waals surface area contributed by atoms with Crippen LogP contribution in [-0.2, 0) is 14.3 Å². The number of Topliss-reactive ketones (excluding diaryl/α,β-unsaturated/α-hetero) is 1. The molecule has 1 aliphatic rings. The maximum absolute atomic E-state index is 12.2. The highest BCUT2D eigenvalue weighted by molar-refractivity contribution is 6.01. The van der Waals surface area contributed by atoms with Gasteiger partial charge in [0.05, 0.1) is 5.92 Å². The van der Waals surface area contributed by atoms with E-state index in [4.69, 9.17) is 4.74 Å². The van der Waals surface area contributed by atoms with Gasteiger partial charge in [0.25, 0.3) is 0 Å². The van der Waals surface area contributed by atoms with Gasteiger partial charge in [-0.2, -0.15) is 0 Å². The van der Waals surface area contributed by atoms with Crippen LogP contribution in [0.4, 0.5) is 5.69 Å². The molecule has 1 saturated heterocycles. The van der Waals surface area contributed by atoms with Gasteiger partial charge in [0.15, 0.2) is 12.4 Å². The Kier molecular flexibility index (Phi) is 4.93. The molecule has 5 nitrogen and oxygen atoms in total. The number of anilines is 1. The van der Waals surface area contributed by atoms with E-state index in [9.17, 15) is 14.4 Å². The van der Waals surface area contributed by atoms with Crippen LogP contribution in [0, 0.1) is 12.8 Å². The topological polar surface area (TPSA) is 63.7 Å². The number of ether oxygens (including phenoxy) is 1. The monoisotopic (exact) mass is 337 g/mol. The lowest BCUT2D eigenvalue weighted by atomic mass is 10.1. The van der Waals surface area contributed by atoms with Gasteiger partial charge in [-0.3, -0.25) is 14.4 Å². The predicted molar refractivity (Wildman–Crippen MR) is 93.4 cm³/mol. The van der Waals surface area contributed by atoms with Crippen molar-refractivity contribution in [3.8, 4) is 0 Å². The molecule has 0 aromatic heterocycles. The van der Waals surface area contributed by atoms with Crippen LogP contribution in [0.2, 0.25) is 0 Å². The van der Waals surface area contributed by atoms with Crippen molar-refractivity contribution in [1.82, 2.24) is 0 Å². The van der Waals surface area contributed by atoms with Gasteiger partial charge in [-0.05, 0) is 24.6 Å². The molecule has 1 aliphatic heterocycles. The SMILES string of the molecule is Cc1cccc(N2CC(C(=O)OCC(=O)c3ccccc3)CC2=O)c1. The van der Waals surface area contributed by atoms with Crippen molar-refractivity contribution in [3.05, 3.63) is 65.7 Å². The van der Waals surface area contributed by atoms with Gasteiger partial charge in [-0.15, -0.1) is 0 Å².